The quantitative estimate of drug-likeness (QED) is 0.119. The molecule has 1 aromatic carbocycles. The van der Waals surface area contributed by atoms with Gasteiger partial charge in [-0.25, -0.2) is 4.79 Å². The monoisotopic (exact) mass is 559 g/mol. The fourth-order valence-electron chi connectivity index (χ4n) is 4.27. The highest BCUT2D eigenvalue weighted by molar-refractivity contribution is 5.96. The zero-order valence-corrected chi connectivity index (χ0v) is 22.9. The smallest absolute Gasteiger partial charge is 0.326 e. The van der Waals surface area contributed by atoms with Crippen molar-refractivity contribution in [2.24, 2.45) is 23.1 Å². The van der Waals surface area contributed by atoms with Crippen LogP contribution in [-0.4, -0.2) is 70.4 Å². The van der Waals surface area contributed by atoms with Crippen LogP contribution < -0.4 is 33.2 Å². The van der Waals surface area contributed by atoms with E-state index < -0.39 is 60.2 Å². The van der Waals surface area contributed by atoms with Gasteiger partial charge in [-0.2, -0.15) is 0 Å². The van der Waals surface area contributed by atoms with Crippen molar-refractivity contribution < 1.29 is 29.1 Å². The molecule has 13 nitrogen and oxygen atoms in total. The van der Waals surface area contributed by atoms with E-state index in [0.717, 1.165) is 10.9 Å². The Labute approximate surface area is 233 Å². The third-order valence-corrected chi connectivity index (χ3v) is 6.85. The molecule has 0 aliphatic heterocycles. The van der Waals surface area contributed by atoms with Crippen LogP contribution in [0.25, 0.3) is 10.9 Å². The number of carboxylic acid groups (broad SMARTS) is 1. The largest absolute Gasteiger partial charge is 0.480 e. The summed E-state index contributed by atoms with van der Waals surface area (Å²) in [5.74, 6) is -4.65. The number of carboxylic acids is 1. The molecule has 0 radical (unpaired) electrons. The number of aromatic nitrogens is 1. The molecule has 0 aliphatic carbocycles. The molecule has 13 heteroatoms. The zero-order valence-electron chi connectivity index (χ0n) is 22.9. The highest BCUT2D eigenvalue weighted by atomic mass is 16.4. The minimum atomic E-state index is -1.39. The molecule has 2 rings (SSSR count). The van der Waals surface area contributed by atoms with E-state index in [1.54, 1.807) is 20.0 Å². The van der Waals surface area contributed by atoms with Crippen LogP contribution in [0.4, 0.5) is 0 Å². The van der Waals surface area contributed by atoms with Crippen molar-refractivity contribution in [3.63, 3.8) is 0 Å². The van der Waals surface area contributed by atoms with E-state index in [9.17, 15) is 29.1 Å². The number of nitrogens with two attached hydrogens (primary N) is 3. The number of carbonyl (C=O) groups excluding carboxylic acids is 4. The minimum absolute atomic E-state index is 0.00424. The Morgan fingerprint density at radius 3 is 2.25 bits per heavy atom. The second-order valence-electron chi connectivity index (χ2n) is 9.96. The molecule has 0 fully saturated rings. The van der Waals surface area contributed by atoms with E-state index >= 15 is 0 Å². The average molecular weight is 560 g/mol. The maximum atomic E-state index is 13.4. The van der Waals surface area contributed by atoms with Crippen molar-refractivity contribution in [2.75, 3.05) is 6.54 Å². The molecule has 2 aromatic rings. The van der Waals surface area contributed by atoms with E-state index in [1.807, 2.05) is 24.3 Å². The number of aromatic amines is 1. The van der Waals surface area contributed by atoms with Gasteiger partial charge in [0.05, 0.1) is 12.5 Å². The Morgan fingerprint density at radius 1 is 0.975 bits per heavy atom. The van der Waals surface area contributed by atoms with Gasteiger partial charge in [-0.15, -0.1) is 0 Å². The van der Waals surface area contributed by atoms with Gasteiger partial charge >= 0.3 is 5.97 Å². The van der Waals surface area contributed by atoms with Crippen molar-refractivity contribution in [2.45, 2.75) is 76.5 Å². The first-order valence-corrected chi connectivity index (χ1v) is 13.4. The van der Waals surface area contributed by atoms with Gasteiger partial charge in [0, 0.05) is 23.5 Å². The molecule has 0 bridgehead atoms. The van der Waals surface area contributed by atoms with Crippen LogP contribution >= 0.6 is 0 Å². The molecule has 5 atom stereocenters. The summed E-state index contributed by atoms with van der Waals surface area (Å²) in [5.41, 5.74) is 18.2. The molecule has 40 heavy (non-hydrogen) atoms. The predicted molar refractivity (Wildman–Crippen MR) is 150 cm³/mol. The zero-order chi connectivity index (χ0) is 29.8. The summed E-state index contributed by atoms with van der Waals surface area (Å²) in [4.78, 5) is 66.0. The molecule has 0 saturated carbocycles. The number of benzene rings is 1. The average Bonchev–Trinajstić information content (AvgIpc) is 3.32. The molecule has 4 amide bonds. The number of primary amides is 1. The summed E-state index contributed by atoms with van der Waals surface area (Å²) in [5, 5.41) is 18.1. The number of H-pyrrole nitrogens is 1. The number of aliphatic carboxylic acids is 1. The summed E-state index contributed by atoms with van der Waals surface area (Å²) in [6, 6.07) is 2.61. The van der Waals surface area contributed by atoms with Crippen LogP contribution in [0.3, 0.4) is 0 Å². The number of amides is 4. The Bertz CT molecular complexity index is 1180. The summed E-state index contributed by atoms with van der Waals surface area (Å²) in [6.07, 6.45) is 3.27. The molecule has 0 spiro atoms. The standard InChI is InChI=1S/C27H41N7O6/c1-3-15(2)23(27(39)40)34-26(38)20(12-16-14-31-19-10-5-4-8-17(16)19)33-25(37)21(13-22(30)35)32-24(36)18(29)9-6-7-11-28/h4-5,8,10,14-15,18,20-21,23,31H,3,6-7,9,11-13,28-29H2,1-2H3,(H2,30,35)(H,32,36)(H,33,37)(H,34,38)(H,39,40). The van der Waals surface area contributed by atoms with Crippen LogP contribution in [0.1, 0.15) is 51.5 Å². The molecule has 11 N–H and O–H groups in total. The lowest BCUT2D eigenvalue weighted by atomic mass is 9.98. The maximum absolute atomic E-state index is 13.4. The molecule has 0 saturated heterocycles. The molecule has 220 valence electrons. The number of para-hydroxylation sites is 1. The third kappa shape index (κ3) is 9.35. The number of hydrogen-bond acceptors (Lipinski definition) is 7. The Hall–Kier alpha value is -3.97. The van der Waals surface area contributed by atoms with Crippen molar-refractivity contribution in [1.29, 1.82) is 0 Å². The van der Waals surface area contributed by atoms with E-state index in [4.69, 9.17) is 17.2 Å². The topological polar surface area (TPSA) is 236 Å². The second kappa shape index (κ2) is 15.6. The fourth-order valence-corrected chi connectivity index (χ4v) is 4.27. The SMILES string of the molecule is CCC(C)C(NC(=O)C(Cc1c[nH]c2ccccc12)NC(=O)C(CC(N)=O)NC(=O)C(N)CCCCN)C(=O)O. The summed E-state index contributed by atoms with van der Waals surface area (Å²) >= 11 is 0. The Kier molecular flexibility index (Phi) is 12.6. The lowest BCUT2D eigenvalue weighted by Crippen LogP contribution is -2.58. The summed E-state index contributed by atoms with van der Waals surface area (Å²) in [7, 11) is 0. The summed E-state index contributed by atoms with van der Waals surface area (Å²) in [6.45, 7) is 3.94. The highest BCUT2D eigenvalue weighted by Gasteiger charge is 2.33. The number of unbranched alkanes of at least 4 members (excludes halogenated alkanes) is 1. The van der Waals surface area contributed by atoms with Gasteiger partial charge in [-0.05, 0) is 36.9 Å². The van der Waals surface area contributed by atoms with Gasteiger partial charge in [-0.1, -0.05) is 44.9 Å². The van der Waals surface area contributed by atoms with Crippen LogP contribution in [-0.2, 0) is 30.4 Å². The third-order valence-electron chi connectivity index (χ3n) is 6.85. The van der Waals surface area contributed by atoms with Crippen molar-refractivity contribution >= 4 is 40.5 Å². The predicted octanol–water partition coefficient (Wildman–Crippen LogP) is -0.373. The molecule has 1 heterocycles. The highest BCUT2D eigenvalue weighted by Crippen LogP contribution is 2.20. The number of rotatable bonds is 17. The Morgan fingerprint density at radius 2 is 1.62 bits per heavy atom. The molecular formula is C27H41N7O6. The van der Waals surface area contributed by atoms with Gasteiger partial charge in [0.2, 0.25) is 23.6 Å². The van der Waals surface area contributed by atoms with E-state index in [2.05, 4.69) is 20.9 Å². The van der Waals surface area contributed by atoms with Gasteiger partial charge < -0.3 is 43.2 Å². The van der Waals surface area contributed by atoms with Gasteiger partial charge in [0.15, 0.2) is 0 Å². The molecule has 0 aliphatic rings. The first-order valence-electron chi connectivity index (χ1n) is 13.4. The molecular weight excluding hydrogens is 518 g/mol. The number of nitrogens with one attached hydrogen (secondary N) is 4. The molecule has 5 unspecified atom stereocenters. The fraction of sp³-hybridized carbons (Fsp3) is 0.519. The van der Waals surface area contributed by atoms with Crippen molar-refractivity contribution in [3.05, 3.63) is 36.0 Å². The van der Waals surface area contributed by atoms with Gasteiger partial charge in [0.1, 0.15) is 18.1 Å². The number of fused-ring (bicyclic) bond motifs is 1. The van der Waals surface area contributed by atoms with Gasteiger partial charge in [0.25, 0.3) is 0 Å². The first kappa shape index (κ1) is 32.2. The first-order chi connectivity index (χ1) is 19.0. The van der Waals surface area contributed by atoms with E-state index in [-0.39, 0.29) is 12.3 Å². The van der Waals surface area contributed by atoms with Crippen LogP contribution in [0.5, 0.6) is 0 Å². The second-order valence-corrected chi connectivity index (χ2v) is 9.96. The van der Waals surface area contributed by atoms with Crippen molar-refractivity contribution in [3.8, 4) is 0 Å². The van der Waals surface area contributed by atoms with Crippen LogP contribution in [0.2, 0.25) is 0 Å². The lowest BCUT2D eigenvalue weighted by Gasteiger charge is -2.26. The van der Waals surface area contributed by atoms with E-state index in [0.29, 0.717) is 37.8 Å². The summed E-state index contributed by atoms with van der Waals surface area (Å²) < 4.78 is 0. The number of hydrogen-bond donors (Lipinski definition) is 8. The van der Waals surface area contributed by atoms with Crippen LogP contribution in [0.15, 0.2) is 30.5 Å². The lowest BCUT2D eigenvalue weighted by molar-refractivity contribution is -0.144. The number of carbonyl (C=O) groups is 5. The van der Waals surface area contributed by atoms with E-state index in [1.165, 1.54) is 0 Å². The maximum Gasteiger partial charge on any atom is 0.326 e. The Balaban J connectivity index is 2.30. The molecule has 1 aromatic heterocycles. The minimum Gasteiger partial charge on any atom is -0.480 e. The van der Waals surface area contributed by atoms with Crippen molar-refractivity contribution in [1.82, 2.24) is 20.9 Å². The van der Waals surface area contributed by atoms with Crippen LogP contribution in [0, 0.1) is 5.92 Å². The van der Waals surface area contributed by atoms with Gasteiger partial charge in [-0.3, -0.25) is 19.2 Å². The normalized spacial score (nSPS) is 14.9.